The monoisotopic (exact) mass is 126 g/mol. The van der Waals surface area contributed by atoms with Crippen molar-refractivity contribution in [2.75, 3.05) is 18.5 Å². The molecule has 0 amide bonds. The SMILES string of the molecule is c1onc2c1OCCN2. The van der Waals surface area contributed by atoms with Crippen LogP contribution in [0, 0.1) is 0 Å². The highest BCUT2D eigenvalue weighted by Gasteiger charge is 2.11. The Morgan fingerprint density at radius 2 is 2.67 bits per heavy atom. The van der Waals surface area contributed by atoms with Crippen LogP contribution in [-0.2, 0) is 0 Å². The topological polar surface area (TPSA) is 47.3 Å². The van der Waals surface area contributed by atoms with Gasteiger partial charge in [0.1, 0.15) is 6.61 Å². The number of hydrogen-bond acceptors (Lipinski definition) is 4. The van der Waals surface area contributed by atoms with Crippen molar-refractivity contribution < 1.29 is 9.26 Å². The molecule has 0 unspecified atom stereocenters. The van der Waals surface area contributed by atoms with Gasteiger partial charge in [0, 0.05) is 0 Å². The molecular formula is C5H6N2O2. The highest BCUT2D eigenvalue weighted by molar-refractivity contribution is 5.48. The van der Waals surface area contributed by atoms with Crippen LogP contribution in [0.25, 0.3) is 0 Å². The van der Waals surface area contributed by atoms with Crippen LogP contribution < -0.4 is 10.1 Å². The fourth-order valence-electron chi connectivity index (χ4n) is 0.780. The zero-order valence-electron chi connectivity index (χ0n) is 4.76. The van der Waals surface area contributed by atoms with Crippen LogP contribution in [0.15, 0.2) is 10.8 Å². The number of aromatic nitrogens is 1. The van der Waals surface area contributed by atoms with E-state index in [-0.39, 0.29) is 0 Å². The zero-order valence-corrected chi connectivity index (χ0v) is 4.76. The van der Waals surface area contributed by atoms with Crippen molar-refractivity contribution in [3.63, 3.8) is 0 Å². The van der Waals surface area contributed by atoms with Gasteiger partial charge in [-0.2, -0.15) is 0 Å². The van der Waals surface area contributed by atoms with Gasteiger partial charge in [0.05, 0.1) is 6.54 Å². The summed E-state index contributed by atoms with van der Waals surface area (Å²) in [4.78, 5) is 0. The number of nitrogens with one attached hydrogen (secondary N) is 1. The van der Waals surface area contributed by atoms with Crippen molar-refractivity contribution in [2.24, 2.45) is 0 Å². The molecule has 0 bridgehead atoms. The van der Waals surface area contributed by atoms with E-state index >= 15 is 0 Å². The molecule has 9 heavy (non-hydrogen) atoms. The fourth-order valence-corrected chi connectivity index (χ4v) is 0.780. The number of rotatable bonds is 0. The molecule has 4 nitrogen and oxygen atoms in total. The van der Waals surface area contributed by atoms with Gasteiger partial charge in [-0.1, -0.05) is 5.16 Å². The second kappa shape index (κ2) is 1.65. The quantitative estimate of drug-likeness (QED) is 0.549. The molecule has 0 saturated heterocycles. The minimum absolute atomic E-state index is 0.689. The van der Waals surface area contributed by atoms with Gasteiger partial charge in [-0.15, -0.1) is 0 Å². The third-order valence-corrected chi connectivity index (χ3v) is 1.19. The van der Waals surface area contributed by atoms with Crippen LogP contribution in [0.4, 0.5) is 5.82 Å². The lowest BCUT2D eigenvalue weighted by molar-refractivity contribution is 0.320. The molecule has 1 aromatic rings. The van der Waals surface area contributed by atoms with Crippen LogP contribution in [0.1, 0.15) is 0 Å². The normalized spacial score (nSPS) is 15.6. The Labute approximate surface area is 51.8 Å². The van der Waals surface area contributed by atoms with E-state index in [1.807, 2.05) is 0 Å². The van der Waals surface area contributed by atoms with Crippen molar-refractivity contribution in [1.82, 2.24) is 5.16 Å². The summed E-state index contributed by atoms with van der Waals surface area (Å²) in [6.45, 7) is 1.49. The first-order valence-corrected chi connectivity index (χ1v) is 2.78. The zero-order chi connectivity index (χ0) is 6.10. The largest absolute Gasteiger partial charge is 0.485 e. The van der Waals surface area contributed by atoms with E-state index in [1.165, 1.54) is 6.26 Å². The molecule has 48 valence electrons. The summed E-state index contributed by atoms with van der Waals surface area (Å²) < 4.78 is 9.77. The van der Waals surface area contributed by atoms with E-state index < -0.39 is 0 Å². The number of hydrogen-bond donors (Lipinski definition) is 1. The smallest absolute Gasteiger partial charge is 0.212 e. The van der Waals surface area contributed by atoms with Gasteiger partial charge in [0.25, 0.3) is 0 Å². The maximum atomic E-state index is 5.14. The molecule has 2 heterocycles. The first kappa shape index (κ1) is 4.67. The van der Waals surface area contributed by atoms with Crippen LogP contribution in [0.3, 0.4) is 0 Å². The molecule has 0 radical (unpaired) electrons. The highest BCUT2D eigenvalue weighted by atomic mass is 16.5. The molecule has 1 N–H and O–H groups in total. The molecule has 0 spiro atoms. The Morgan fingerprint density at radius 3 is 3.56 bits per heavy atom. The summed E-state index contributed by atoms with van der Waals surface area (Å²) in [6, 6.07) is 0. The second-order valence-electron chi connectivity index (χ2n) is 1.80. The minimum atomic E-state index is 0.689. The maximum Gasteiger partial charge on any atom is 0.212 e. The summed E-state index contributed by atoms with van der Waals surface area (Å²) in [5.74, 6) is 1.42. The Bertz CT molecular complexity index is 188. The average molecular weight is 126 g/mol. The van der Waals surface area contributed by atoms with Crippen molar-refractivity contribution in [1.29, 1.82) is 0 Å². The molecule has 0 atom stereocenters. The Kier molecular flexibility index (Phi) is 0.855. The van der Waals surface area contributed by atoms with Gasteiger partial charge in [-0.25, -0.2) is 0 Å². The molecule has 4 heteroatoms. The van der Waals surface area contributed by atoms with Crippen LogP contribution >= 0.6 is 0 Å². The van der Waals surface area contributed by atoms with Gasteiger partial charge in [0.15, 0.2) is 6.26 Å². The standard InChI is InChI=1S/C5H6N2O2/c1-2-8-4-3-9-7-5(4)6-1/h3H,1-2H2,(H,6,7). The molecule has 0 saturated carbocycles. The molecule has 2 rings (SSSR count). The van der Waals surface area contributed by atoms with Gasteiger partial charge >= 0.3 is 0 Å². The number of fused-ring (bicyclic) bond motifs is 1. The summed E-state index contributed by atoms with van der Waals surface area (Å²) in [5.41, 5.74) is 0. The van der Waals surface area contributed by atoms with Gasteiger partial charge < -0.3 is 14.6 Å². The minimum Gasteiger partial charge on any atom is -0.485 e. The second-order valence-corrected chi connectivity index (χ2v) is 1.80. The van der Waals surface area contributed by atoms with Crippen LogP contribution in [0.5, 0.6) is 5.75 Å². The molecule has 0 aliphatic carbocycles. The lowest BCUT2D eigenvalue weighted by Gasteiger charge is -2.11. The molecule has 1 aliphatic rings. The van der Waals surface area contributed by atoms with Crippen molar-refractivity contribution >= 4 is 5.82 Å². The lowest BCUT2D eigenvalue weighted by Crippen LogP contribution is -2.17. The van der Waals surface area contributed by atoms with E-state index in [0.29, 0.717) is 18.2 Å². The highest BCUT2D eigenvalue weighted by Crippen LogP contribution is 2.23. The fraction of sp³-hybridized carbons (Fsp3) is 0.400. The van der Waals surface area contributed by atoms with Crippen molar-refractivity contribution in [3.05, 3.63) is 6.26 Å². The summed E-state index contributed by atoms with van der Waals surface area (Å²) in [5, 5.41) is 6.66. The lowest BCUT2D eigenvalue weighted by atomic mass is 10.5. The Balaban J connectivity index is 2.39. The van der Waals surface area contributed by atoms with E-state index in [0.717, 1.165) is 6.54 Å². The van der Waals surface area contributed by atoms with Crippen LogP contribution in [-0.4, -0.2) is 18.3 Å². The third-order valence-electron chi connectivity index (χ3n) is 1.19. The number of anilines is 1. The van der Waals surface area contributed by atoms with E-state index in [2.05, 4.69) is 15.0 Å². The molecule has 0 fully saturated rings. The van der Waals surface area contributed by atoms with E-state index in [9.17, 15) is 0 Å². The molecular weight excluding hydrogens is 120 g/mol. The molecule has 1 aromatic heterocycles. The van der Waals surface area contributed by atoms with Crippen molar-refractivity contribution in [2.45, 2.75) is 0 Å². The maximum absolute atomic E-state index is 5.14. The van der Waals surface area contributed by atoms with Gasteiger partial charge in [0.2, 0.25) is 11.6 Å². The first-order chi connectivity index (χ1) is 4.47. The average Bonchev–Trinajstić information content (AvgIpc) is 2.33. The Morgan fingerprint density at radius 1 is 1.67 bits per heavy atom. The van der Waals surface area contributed by atoms with Crippen molar-refractivity contribution in [3.8, 4) is 5.75 Å². The predicted molar refractivity (Wildman–Crippen MR) is 30.5 cm³/mol. The summed E-state index contributed by atoms with van der Waals surface area (Å²) in [6.07, 6.45) is 1.49. The first-order valence-electron chi connectivity index (χ1n) is 2.78. The van der Waals surface area contributed by atoms with Gasteiger partial charge in [-0.05, 0) is 0 Å². The third kappa shape index (κ3) is 0.630. The van der Waals surface area contributed by atoms with E-state index in [1.54, 1.807) is 0 Å². The summed E-state index contributed by atoms with van der Waals surface area (Å²) >= 11 is 0. The van der Waals surface area contributed by atoms with Crippen LogP contribution in [0.2, 0.25) is 0 Å². The number of ether oxygens (including phenoxy) is 1. The molecule has 1 aliphatic heterocycles. The predicted octanol–water partition coefficient (Wildman–Crippen LogP) is 0.479. The summed E-state index contributed by atoms with van der Waals surface area (Å²) in [7, 11) is 0. The Hall–Kier alpha value is -1.19. The number of nitrogens with zero attached hydrogens (tertiary/aromatic N) is 1. The van der Waals surface area contributed by atoms with Gasteiger partial charge in [-0.3, -0.25) is 0 Å². The molecule has 0 aromatic carbocycles. The van der Waals surface area contributed by atoms with E-state index in [4.69, 9.17) is 4.74 Å².